The molecule has 0 bridgehead atoms. The van der Waals surface area contributed by atoms with Gasteiger partial charge in [-0.05, 0) is 42.9 Å². The Balaban J connectivity index is 2.59. The summed E-state index contributed by atoms with van der Waals surface area (Å²) in [5.41, 5.74) is 3.57. The third-order valence-corrected chi connectivity index (χ3v) is 3.41. The third kappa shape index (κ3) is 1.88. The van der Waals surface area contributed by atoms with Gasteiger partial charge in [-0.25, -0.2) is 0 Å². The molecule has 0 N–H and O–H groups in total. The standard InChI is InChI=1S/C13H14ClNO/c1-16-13-11(6-7-15)10-5-3-2-4-9(10)8-12(13)14/h8H,2-6H2,1H3. The van der Waals surface area contributed by atoms with Crippen LogP contribution in [0.2, 0.25) is 5.02 Å². The maximum atomic E-state index is 8.88. The van der Waals surface area contributed by atoms with Gasteiger partial charge in [-0.3, -0.25) is 0 Å². The minimum atomic E-state index is 0.381. The molecule has 0 aromatic heterocycles. The molecular formula is C13H14ClNO. The topological polar surface area (TPSA) is 33.0 Å². The van der Waals surface area contributed by atoms with Crippen LogP contribution >= 0.6 is 11.6 Å². The van der Waals surface area contributed by atoms with Crippen LogP contribution in [0.5, 0.6) is 5.75 Å². The van der Waals surface area contributed by atoms with E-state index in [1.807, 2.05) is 6.07 Å². The first-order valence-electron chi connectivity index (χ1n) is 5.52. The van der Waals surface area contributed by atoms with Gasteiger partial charge in [-0.1, -0.05) is 11.6 Å². The fourth-order valence-corrected chi connectivity index (χ4v) is 2.74. The quantitative estimate of drug-likeness (QED) is 0.788. The molecule has 0 radical (unpaired) electrons. The van der Waals surface area contributed by atoms with Crippen molar-refractivity contribution in [1.29, 1.82) is 5.26 Å². The molecule has 0 saturated heterocycles. The van der Waals surface area contributed by atoms with Gasteiger partial charge in [-0.2, -0.15) is 5.26 Å². The second kappa shape index (κ2) is 4.76. The lowest BCUT2D eigenvalue weighted by molar-refractivity contribution is 0.409. The smallest absolute Gasteiger partial charge is 0.141 e. The van der Waals surface area contributed by atoms with Gasteiger partial charge in [0.1, 0.15) is 5.75 Å². The van der Waals surface area contributed by atoms with E-state index in [1.165, 1.54) is 24.0 Å². The third-order valence-electron chi connectivity index (χ3n) is 3.13. The number of hydrogen-bond acceptors (Lipinski definition) is 2. The number of benzene rings is 1. The molecule has 0 fully saturated rings. The average molecular weight is 236 g/mol. The minimum Gasteiger partial charge on any atom is -0.495 e. The molecule has 1 aliphatic carbocycles. The Hall–Kier alpha value is -1.20. The fraction of sp³-hybridized carbons (Fsp3) is 0.462. The molecule has 0 unspecified atom stereocenters. The molecule has 1 aromatic carbocycles. The molecule has 0 amide bonds. The van der Waals surface area contributed by atoms with Crippen molar-refractivity contribution in [3.05, 3.63) is 27.8 Å². The van der Waals surface area contributed by atoms with Gasteiger partial charge in [0.25, 0.3) is 0 Å². The molecule has 0 atom stereocenters. The Kier molecular flexibility index (Phi) is 3.36. The van der Waals surface area contributed by atoms with E-state index in [0.29, 0.717) is 17.2 Å². The van der Waals surface area contributed by atoms with E-state index in [9.17, 15) is 0 Å². The monoisotopic (exact) mass is 235 g/mol. The van der Waals surface area contributed by atoms with Gasteiger partial charge in [0.15, 0.2) is 0 Å². The van der Waals surface area contributed by atoms with Crippen LogP contribution in [0.15, 0.2) is 6.07 Å². The van der Waals surface area contributed by atoms with Gasteiger partial charge >= 0.3 is 0 Å². The van der Waals surface area contributed by atoms with Gasteiger partial charge in [-0.15, -0.1) is 0 Å². The lowest BCUT2D eigenvalue weighted by Crippen LogP contribution is -2.08. The number of ether oxygens (including phenoxy) is 1. The summed E-state index contributed by atoms with van der Waals surface area (Å²) >= 11 is 6.17. The van der Waals surface area contributed by atoms with E-state index in [1.54, 1.807) is 7.11 Å². The van der Waals surface area contributed by atoms with Crippen LogP contribution in [0, 0.1) is 11.3 Å². The highest BCUT2D eigenvalue weighted by Crippen LogP contribution is 2.37. The van der Waals surface area contributed by atoms with E-state index < -0.39 is 0 Å². The lowest BCUT2D eigenvalue weighted by Gasteiger charge is -2.21. The lowest BCUT2D eigenvalue weighted by atomic mass is 9.87. The highest BCUT2D eigenvalue weighted by atomic mass is 35.5. The van der Waals surface area contributed by atoms with Crippen molar-refractivity contribution in [3.8, 4) is 11.8 Å². The number of methoxy groups -OCH3 is 1. The highest BCUT2D eigenvalue weighted by Gasteiger charge is 2.19. The van der Waals surface area contributed by atoms with Crippen LogP contribution in [0.1, 0.15) is 29.5 Å². The summed E-state index contributed by atoms with van der Waals surface area (Å²) < 4.78 is 5.31. The Morgan fingerprint density at radius 1 is 1.44 bits per heavy atom. The Bertz CT molecular complexity index is 448. The van der Waals surface area contributed by atoms with Crippen LogP contribution in [-0.4, -0.2) is 7.11 Å². The summed E-state index contributed by atoms with van der Waals surface area (Å²) in [4.78, 5) is 0. The first-order chi connectivity index (χ1) is 7.77. The molecule has 2 rings (SSSR count). The highest BCUT2D eigenvalue weighted by molar-refractivity contribution is 6.32. The van der Waals surface area contributed by atoms with Crippen LogP contribution in [0.4, 0.5) is 0 Å². The van der Waals surface area contributed by atoms with E-state index in [0.717, 1.165) is 18.4 Å². The van der Waals surface area contributed by atoms with Crippen molar-refractivity contribution in [2.75, 3.05) is 7.11 Å². The summed E-state index contributed by atoms with van der Waals surface area (Å²) in [5.74, 6) is 0.684. The molecule has 16 heavy (non-hydrogen) atoms. The number of nitriles is 1. The molecule has 0 heterocycles. The van der Waals surface area contributed by atoms with Gasteiger partial charge in [0.2, 0.25) is 0 Å². The molecule has 84 valence electrons. The number of halogens is 1. The molecule has 2 nitrogen and oxygen atoms in total. The summed E-state index contributed by atoms with van der Waals surface area (Å²) in [7, 11) is 1.61. The van der Waals surface area contributed by atoms with Crippen molar-refractivity contribution in [2.45, 2.75) is 32.1 Å². The number of aryl methyl sites for hydroxylation is 1. The molecule has 1 aromatic rings. The van der Waals surface area contributed by atoms with Gasteiger partial charge < -0.3 is 4.74 Å². The van der Waals surface area contributed by atoms with Crippen molar-refractivity contribution in [3.63, 3.8) is 0 Å². The van der Waals surface area contributed by atoms with Crippen molar-refractivity contribution in [2.24, 2.45) is 0 Å². The first kappa shape index (κ1) is 11.3. The van der Waals surface area contributed by atoms with Crippen molar-refractivity contribution in [1.82, 2.24) is 0 Å². The predicted molar refractivity (Wildman–Crippen MR) is 64.0 cm³/mol. The Morgan fingerprint density at radius 3 is 2.88 bits per heavy atom. The molecule has 3 heteroatoms. The van der Waals surface area contributed by atoms with Crippen LogP contribution in [0.3, 0.4) is 0 Å². The maximum absolute atomic E-state index is 8.88. The average Bonchev–Trinajstić information content (AvgIpc) is 2.29. The summed E-state index contributed by atoms with van der Waals surface area (Å²) in [6.07, 6.45) is 4.89. The largest absolute Gasteiger partial charge is 0.495 e. The zero-order valence-electron chi connectivity index (χ0n) is 9.35. The molecular weight excluding hydrogens is 222 g/mol. The number of hydrogen-bond donors (Lipinski definition) is 0. The molecule has 1 aliphatic rings. The normalized spacial score (nSPS) is 14.1. The number of fused-ring (bicyclic) bond motifs is 1. The van der Waals surface area contributed by atoms with Crippen LogP contribution < -0.4 is 4.74 Å². The van der Waals surface area contributed by atoms with E-state index in [-0.39, 0.29) is 0 Å². The molecule has 0 spiro atoms. The maximum Gasteiger partial charge on any atom is 0.141 e. The SMILES string of the molecule is COc1c(Cl)cc2c(c1CC#N)CCCC2. The number of nitrogens with zero attached hydrogens (tertiary/aromatic N) is 1. The van der Waals surface area contributed by atoms with Crippen molar-refractivity contribution >= 4 is 11.6 Å². The van der Waals surface area contributed by atoms with Gasteiger partial charge in [0, 0.05) is 5.56 Å². The Labute approximate surface area is 101 Å². The zero-order valence-corrected chi connectivity index (χ0v) is 10.1. The van der Waals surface area contributed by atoms with Crippen LogP contribution in [-0.2, 0) is 19.3 Å². The van der Waals surface area contributed by atoms with E-state index in [4.69, 9.17) is 21.6 Å². The summed E-state index contributed by atoms with van der Waals surface area (Å²) in [6.45, 7) is 0. The summed E-state index contributed by atoms with van der Waals surface area (Å²) in [6, 6.07) is 4.19. The van der Waals surface area contributed by atoms with Crippen LogP contribution in [0.25, 0.3) is 0 Å². The first-order valence-corrected chi connectivity index (χ1v) is 5.89. The van der Waals surface area contributed by atoms with Gasteiger partial charge in [0.05, 0.1) is 24.6 Å². The number of rotatable bonds is 2. The zero-order chi connectivity index (χ0) is 11.5. The Morgan fingerprint density at radius 2 is 2.19 bits per heavy atom. The molecule has 0 saturated carbocycles. The van der Waals surface area contributed by atoms with E-state index >= 15 is 0 Å². The van der Waals surface area contributed by atoms with Crippen molar-refractivity contribution < 1.29 is 4.74 Å². The minimum absolute atomic E-state index is 0.381. The van der Waals surface area contributed by atoms with E-state index in [2.05, 4.69) is 6.07 Å². The second-order valence-corrected chi connectivity index (χ2v) is 4.46. The second-order valence-electron chi connectivity index (χ2n) is 4.05. The fourth-order valence-electron chi connectivity index (χ4n) is 2.42. The predicted octanol–water partition coefficient (Wildman–Crippen LogP) is 3.29. The molecule has 0 aliphatic heterocycles. The summed E-state index contributed by atoms with van der Waals surface area (Å²) in [5, 5.41) is 9.52.